The molecule has 3 saturated heterocycles. The third-order valence-corrected chi connectivity index (χ3v) is 16.3. The fourth-order valence-corrected chi connectivity index (χ4v) is 12.2. The number of nitrogens with zero attached hydrogens (tertiary/aromatic N) is 8. The van der Waals surface area contributed by atoms with Crippen LogP contribution in [-0.2, 0) is 20.7 Å². The Morgan fingerprint density at radius 3 is 2.44 bits per heavy atom. The maximum atomic E-state index is 13.5. The molecule has 3 aromatic carbocycles. The van der Waals surface area contributed by atoms with Crippen LogP contribution in [0.3, 0.4) is 0 Å². The molecule has 4 aliphatic rings. The summed E-state index contributed by atoms with van der Waals surface area (Å²) in [4.78, 5) is 64.9. The summed E-state index contributed by atoms with van der Waals surface area (Å²) in [5.74, 6) is 7.39. The largest absolute Gasteiger partial charge is 0.494 e. The second-order valence-corrected chi connectivity index (χ2v) is 23.4. The number of carbonyl (C=O) groups is 3. The quantitative estimate of drug-likeness (QED) is 0.0375. The molecule has 3 amide bonds. The van der Waals surface area contributed by atoms with Gasteiger partial charge in [-0.3, -0.25) is 34.6 Å². The highest BCUT2D eigenvalue weighted by Gasteiger charge is 2.40. The Morgan fingerprint density at radius 2 is 1.66 bits per heavy atom. The lowest BCUT2D eigenvalue weighted by atomic mass is 10.00. The molecule has 71 heavy (non-hydrogen) atoms. The highest BCUT2D eigenvalue weighted by molar-refractivity contribution is 9.10. The number of rotatable bonds is 16. The number of imide groups is 1. The van der Waals surface area contributed by atoms with Gasteiger partial charge in [0.25, 0.3) is 5.91 Å². The summed E-state index contributed by atoms with van der Waals surface area (Å²) in [6.07, 6.45) is 14.4. The fourth-order valence-electron chi connectivity index (χ4n) is 10.5. The summed E-state index contributed by atoms with van der Waals surface area (Å²) in [7, 11) is -1.08. The van der Waals surface area contributed by atoms with E-state index in [0.29, 0.717) is 68.6 Å². The summed E-state index contributed by atoms with van der Waals surface area (Å²) in [6.45, 7) is 13.6. The van der Waals surface area contributed by atoms with Gasteiger partial charge in [0.2, 0.25) is 17.8 Å². The minimum Gasteiger partial charge on any atom is -0.494 e. The normalized spacial score (nSPS) is 18.0. The lowest BCUT2D eigenvalue weighted by Crippen LogP contribution is -2.53. The van der Waals surface area contributed by atoms with Gasteiger partial charge in [0.1, 0.15) is 30.3 Å². The molecule has 0 aliphatic carbocycles. The molecule has 3 N–H and O–H groups in total. The first kappa shape index (κ1) is 50.0. The molecular weight excluding hydrogens is 982 g/mol. The van der Waals surface area contributed by atoms with E-state index in [4.69, 9.17) is 9.72 Å². The average Bonchev–Trinajstić information content (AvgIpc) is 3.70. The van der Waals surface area contributed by atoms with E-state index >= 15 is 0 Å². The maximum Gasteiger partial charge on any atom is 0.255 e. The first-order valence-electron chi connectivity index (χ1n) is 24.9. The maximum absolute atomic E-state index is 13.5. The number of ether oxygens (including phenoxy) is 1. The Bertz CT molecular complexity index is 2920. The zero-order valence-electron chi connectivity index (χ0n) is 41.1. The number of fused-ring (bicyclic) bond motifs is 2. The number of piperidine rings is 2. The van der Waals surface area contributed by atoms with E-state index in [2.05, 4.69) is 92.4 Å². The molecule has 16 nitrogen and oxygen atoms in total. The first-order chi connectivity index (χ1) is 34.3. The number of methoxy groups -OCH3 is 1. The molecule has 0 saturated carbocycles. The van der Waals surface area contributed by atoms with E-state index < -0.39 is 19.1 Å². The van der Waals surface area contributed by atoms with E-state index in [-0.39, 0.29) is 18.2 Å². The summed E-state index contributed by atoms with van der Waals surface area (Å²) < 4.78 is 20.1. The first-order valence-corrected chi connectivity index (χ1v) is 28.3. The van der Waals surface area contributed by atoms with Crippen LogP contribution in [0.1, 0.15) is 91.3 Å². The van der Waals surface area contributed by atoms with Crippen molar-refractivity contribution < 1.29 is 23.7 Å². The van der Waals surface area contributed by atoms with Crippen LogP contribution in [0, 0.1) is 18.8 Å². The minimum atomic E-state index is -2.77. The molecule has 0 bridgehead atoms. The lowest BCUT2D eigenvalue weighted by Gasteiger charge is -2.43. The monoisotopic (exact) mass is 1040 g/mol. The van der Waals surface area contributed by atoms with Crippen molar-refractivity contribution in [1.29, 1.82) is 0 Å². The topological polar surface area (TPSA) is 178 Å². The second-order valence-electron chi connectivity index (χ2n) is 19.4. The Hall–Kier alpha value is -5.92. The van der Waals surface area contributed by atoms with Crippen molar-refractivity contribution in [1.82, 2.24) is 40.0 Å². The molecule has 1 atom stereocenters. The van der Waals surface area contributed by atoms with Gasteiger partial charge < -0.3 is 34.6 Å². The molecule has 2 aromatic heterocycles. The Morgan fingerprint density at radius 1 is 0.887 bits per heavy atom. The molecule has 1 unspecified atom stereocenters. The number of piperazine rings is 1. The Kier molecular flexibility index (Phi) is 15.7. The Labute approximate surface area is 424 Å². The molecule has 9 rings (SSSR count). The Balaban J connectivity index is 0.690. The van der Waals surface area contributed by atoms with Gasteiger partial charge in [0, 0.05) is 106 Å². The number of nitrogens with one attached hydrogen (secondary N) is 3. The second kappa shape index (κ2) is 22.2. The molecular formula is C53H63BrN11O5P. The van der Waals surface area contributed by atoms with Crippen LogP contribution < -0.4 is 30.9 Å². The van der Waals surface area contributed by atoms with E-state index in [1.165, 1.54) is 24.9 Å². The molecule has 0 spiro atoms. The van der Waals surface area contributed by atoms with Crippen molar-refractivity contribution in [2.75, 3.05) is 81.8 Å². The number of hydrogen-bond acceptors (Lipinski definition) is 14. The number of aryl methyl sites for hydroxylation is 1. The van der Waals surface area contributed by atoms with Crippen molar-refractivity contribution in [3.63, 3.8) is 0 Å². The third-order valence-electron chi connectivity index (χ3n) is 14.2. The van der Waals surface area contributed by atoms with Crippen molar-refractivity contribution in [2.24, 2.45) is 0 Å². The molecule has 6 heterocycles. The SMILES string of the molecule is COc1cc(N2CCC(N3CCN(CCCCCCCC#Cc4cccc5c4CN(C4CCC(=O)NC4=O)C5=O)CC3)CC2)c(C)cc1Nc1ncc(Br)c(Nc2ccc3nccnc3c2P(C)(C)=O)n1. The zero-order chi connectivity index (χ0) is 49.6. The molecule has 18 heteroatoms. The number of carbonyl (C=O) groups excluding carboxylic acids is 3. The van der Waals surface area contributed by atoms with Gasteiger partial charge in [-0.05, 0) is 116 Å². The lowest BCUT2D eigenvalue weighted by molar-refractivity contribution is -0.136. The van der Waals surface area contributed by atoms with E-state index in [1.54, 1.807) is 50.0 Å². The molecule has 5 aromatic rings. The summed E-state index contributed by atoms with van der Waals surface area (Å²) >= 11 is 3.60. The van der Waals surface area contributed by atoms with Gasteiger partial charge in [-0.15, -0.1) is 0 Å². The standard InChI is InChI=1S/C53H63BrN11O5P/c1-35-31-43(59-53-57-33-40(54)50(61-53)58-42-17-16-41-48(56-23-22-55-41)49(42)71(3,4)69)46(70-2)32-45(35)64-25-20-37(21-26-64)63-29-27-62(28-30-63)24-11-9-7-5-6-8-10-13-36-14-12-15-38-39(36)34-65(52(38)68)44-18-19-47(66)60-51(44)67/h12,14-17,22-23,31-33,37,44H,5-9,11,18-21,24-30,34H2,1-4H3,(H,60,66,67)(H2,57,58,59,61). The molecule has 372 valence electrons. The van der Waals surface area contributed by atoms with E-state index in [9.17, 15) is 18.9 Å². The fraction of sp³-hybridized carbons (Fsp3) is 0.453. The van der Waals surface area contributed by atoms with Crippen molar-refractivity contribution in [3.8, 4) is 17.6 Å². The number of halogens is 1. The smallest absolute Gasteiger partial charge is 0.255 e. The van der Waals surface area contributed by atoms with Crippen LogP contribution >= 0.6 is 23.1 Å². The van der Waals surface area contributed by atoms with Crippen molar-refractivity contribution in [2.45, 2.75) is 89.8 Å². The van der Waals surface area contributed by atoms with Crippen LogP contribution in [0.25, 0.3) is 11.0 Å². The van der Waals surface area contributed by atoms with Crippen LogP contribution in [0.5, 0.6) is 5.75 Å². The van der Waals surface area contributed by atoms with Gasteiger partial charge in [-0.2, -0.15) is 4.98 Å². The minimum absolute atomic E-state index is 0.165. The van der Waals surface area contributed by atoms with Crippen LogP contribution in [0.15, 0.2) is 65.5 Å². The molecule has 0 radical (unpaired) electrons. The summed E-state index contributed by atoms with van der Waals surface area (Å²) in [6, 6.07) is 13.5. The predicted octanol–water partition coefficient (Wildman–Crippen LogP) is 7.97. The molecule has 3 fully saturated rings. The predicted molar refractivity (Wildman–Crippen MR) is 283 cm³/mol. The number of amides is 3. The number of unbranched alkanes of at least 4 members (excludes halogenated alkanes) is 5. The number of hydrogen-bond donors (Lipinski definition) is 3. The number of anilines is 5. The van der Waals surface area contributed by atoms with Crippen LogP contribution in [0.2, 0.25) is 0 Å². The van der Waals surface area contributed by atoms with Crippen molar-refractivity contribution >= 4 is 86.0 Å². The zero-order valence-corrected chi connectivity index (χ0v) is 43.6. The number of aromatic nitrogens is 4. The highest BCUT2D eigenvalue weighted by atomic mass is 79.9. The molecule has 4 aliphatic heterocycles. The van der Waals surface area contributed by atoms with Gasteiger partial charge in [0.15, 0.2) is 0 Å². The van der Waals surface area contributed by atoms with E-state index in [1.807, 2.05) is 24.3 Å². The third kappa shape index (κ3) is 11.6. The van der Waals surface area contributed by atoms with Gasteiger partial charge in [-0.1, -0.05) is 37.2 Å². The number of benzene rings is 3. The van der Waals surface area contributed by atoms with Crippen LogP contribution in [-0.4, -0.2) is 131 Å². The van der Waals surface area contributed by atoms with Crippen LogP contribution in [0.4, 0.5) is 28.8 Å². The van der Waals surface area contributed by atoms with Gasteiger partial charge >= 0.3 is 0 Å². The summed E-state index contributed by atoms with van der Waals surface area (Å²) in [5.41, 5.74) is 7.34. The van der Waals surface area contributed by atoms with Gasteiger partial charge in [0.05, 0.1) is 33.8 Å². The van der Waals surface area contributed by atoms with E-state index in [0.717, 1.165) is 100 Å². The van der Waals surface area contributed by atoms with Crippen molar-refractivity contribution in [3.05, 3.63) is 87.8 Å². The van der Waals surface area contributed by atoms with Gasteiger partial charge in [-0.25, -0.2) is 4.98 Å². The highest BCUT2D eigenvalue weighted by Crippen LogP contribution is 2.42. The summed E-state index contributed by atoms with van der Waals surface area (Å²) in [5, 5.41) is 9.75. The average molecular weight is 1050 g/mol.